The fourth-order valence-electron chi connectivity index (χ4n) is 1.78. The Balaban J connectivity index is 1.98. The molecule has 2 rings (SSSR count). The molecule has 0 saturated carbocycles. The minimum Gasteiger partial charge on any atom is -0.304 e. The second-order valence-electron chi connectivity index (χ2n) is 4.30. The average Bonchev–Trinajstić information content (AvgIpc) is 2.84. The summed E-state index contributed by atoms with van der Waals surface area (Å²) in [5.41, 5.74) is 3.35. The highest BCUT2D eigenvalue weighted by Gasteiger charge is 2.11. The van der Waals surface area contributed by atoms with Crippen molar-refractivity contribution in [3.8, 4) is 0 Å². The third kappa shape index (κ3) is 2.52. The quantitative estimate of drug-likeness (QED) is 0.846. The number of aryl methyl sites for hydroxylation is 2. The van der Waals surface area contributed by atoms with Crippen molar-refractivity contribution in [2.45, 2.75) is 26.4 Å². The summed E-state index contributed by atoms with van der Waals surface area (Å²) in [7, 11) is 3.82. The SMILES string of the molecule is Cc1c(C(C)NCc2cn(C)nn2)cnn1C. The van der Waals surface area contributed by atoms with Crippen LogP contribution in [-0.2, 0) is 20.6 Å². The lowest BCUT2D eigenvalue weighted by Crippen LogP contribution is -2.18. The Hall–Kier alpha value is -1.69. The second-order valence-corrected chi connectivity index (χ2v) is 4.30. The Bertz CT molecular complexity index is 498. The van der Waals surface area contributed by atoms with Crippen LogP contribution in [0.1, 0.15) is 29.9 Å². The smallest absolute Gasteiger partial charge is 0.0964 e. The molecule has 6 heteroatoms. The lowest BCUT2D eigenvalue weighted by atomic mass is 10.1. The van der Waals surface area contributed by atoms with Crippen LogP contribution in [0.15, 0.2) is 12.4 Å². The first-order valence-corrected chi connectivity index (χ1v) is 5.65. The number of hydrogen-bond acceptors (Lipinski definition) is 4. The highest BCUT2D eigenvalue weighted by atomic mass is 15.4. The van der Waals surface area contributed by atoms with Gasteiger partial charge in [0.1, 0.15) is 0 Å². The number of rotatable bonds is 4. The Kier molecular flexibility index (Phi) is 3.23. The molecule has 2 heterocycles. The topological polar surface area (TPSA) is 60.6 Å². The van der Waals surface area contributed by atoms with Gasteiger partial charge in [-0.15, -0.1) is 5.10 Å². The molecule has 2 aromatic rings. The molecule has 0 amide bonds. The summed E-state index contributed by atoms with van der Waals surface area (Å²) in [6.07, 6.45) is 3.82. The van der Waals surface area contributed by atoms with Crippen molar-refractivity contribution < 1.29 is 0 Å². The number of aromatic nitrogens is 5. The Morgan fingerprint density at radius 2 is 2.18 bits per heavy atom. The van der Waals surface area contributed by atoms with Crippen molar-refractivity contribution in [2.24, 2.45) is 14.1 Å². The molecule has 6 nitrogen and oxygen atoms in total. The molecule has 0 aliphatic carbocycles. The minimum absolute atomic E-state index is 0.255. The van der Waals surface area contributed by atoms with Crippen LogP contribution in [0.25, 0.3) is 0 Å². The van der Waals surface area contributed by atoms with Gasteiger partial charge in [0, 0.05) is 44.1 Å². The van der Waals surface area contributed by atoms with Gasteiger partial charge in [-0.2, -0.15) is 5.10 Å². The van der Waals surface area contributed by atoms with Crippen LogP contribution in [0.4, 0.5) is 0 Å². The van der Waals surface area contributed by atoms with Gasteiger partial charge >= 0.3 is 0 Å². The van der Waals surface area contributed by atoms with Crippen LogP contribution in [-0.4, -0.2) is 24.8 Å². The maximum atomic E-state index is 4.24. The molecule has 0 aromatic carbocycles. The third-order valence-corrected chi connectivity index (χ3v) is 2.98. The van der Waals surface area contributed by atoms with Crippen molar-refractivity contribution in [1.82, 2.24) is 30.1 Å². The summed E-state index contributed by atoms with van der Waals surface area (Å²) < 4.78 is 3.59. The Labute approximate surface area is 101 Å². The van der Waals surface area contributed by atoms with E-state index in [0.717, 1.165) is 5.69 Å². The maximum absolute atomic E-state index is 4.24. The van der Waals surface area contributed by atoms with Crippen LogP contribution in [0, 0.1) is 6.92 Å². The fraction of sp³-hybridized carbons (Fsp3) is 0.545. The molecule has 0 bridgehead atoms. The van der Waals surface area contributed by atoms with Gasteiger partial charge in [-0.3, -0.25) is 9.36 Å². The molecule has 1 N–H and O–H groups in total. The average molecular weight is 234 g/mol. The zero-order valence-corrected chi connectivity index (χ0v) is 10.7. The van der Waals surface area contributed by atoms with Gasteiger partial charge < -0.3 is 5.32 Å². The van der Waals surface area contributed by atoms with E-state index in [0.29, 0.717) is 6.54 Å². The van der Waals surface area contributed by atoms with E-state index >= 15 is 0 Å². The Morgan fingerprint density at radius 3 is 2.71 bits per heavy atom. The number of hydrogen-bond donors (Lipinski definition) is 1. The first-order valence-electron chi connectivity index (χ1n) is 5.65. The van der Waals surface area contributed by atoms with Crippen molar-refractivity contribution >= 4 is 0 Å². The largest absolute Gasteiger partial charge is 0.304 e. The van der Waals surface area contributed by atoms with Gasteiger partial charge in [0.15, 0.2) is 0 Å². The molecule has 17 heavy (non-hydrogen) atoms. The van der Waals surface area contributed by atoms with Crippen molar-refractivity contribution in [3.05, 3.63) is 29.3 Å². The molecule has 0 spiro atoms. The monoisotopic (exact) mass is 234 g/mol. The summed E-state index contributed by atoms with van der Waals surface area (Å²) in [6.45, 7) is 4.91. The standard InChI is InChI=1S/C11H18N6/c1-8(11-6-13-17(4)9(11)2)12-5-10-7-16(3)15-14-10/h6-8,12H,5H2,1-4H3. The highest BCUT2D eigenvalue weighted by molar-refractivity contribution is 5.19. The summed E-state index contributed by atoms with van der Waals surface area (Å²) in [5, 5.41) is 15.6. The fourth-order valence-corrected chi connectivity index (χ4v) is 1.78. The molecule has 0 saturated heterocycles. The van der Waals surface area contributed by atoms with Crippen LogP contribution in [0.5, 0.6) is 0 Å². The molecule has 0 aliphatic heterocycles. The maximum Gasteiger partial charge on any atom is 0.0964 e. The van der Waals surface area contributed by atoms with Gasteiger partial charge in [-0.05, 0) is 13.8 Å². The van der Waals surface area contributed by atoms with E-state index in [1.807, 2.05) is 31.2 Å². The number of nitrogens with zero attached hydrogens (tertiary/aromatic N) is 5. The van der Waals surface area contributed by atoms with E-state index < -0.39 is 0 Å². The summed E-state index contributed by atoms with van der Waals surface area (Å²) in [5.74, 6) is 0. The first-order chi connectivity index (χ1) is 8.08. The molecule has 2 aromatic heterocycles. The molecular formula is C11H18N6. The highest BCUT2D eigenvalue weighted by Crippen LogP contribution is 2.16. The van der Waals surface area contributed by atoms with Gasteiger partial charge in [0.2, 0.25) is 0 Å². The molecule has 1 atom stereocenters. The molecule has 0 aliphatic rings. The summed E-state index contributed by atoms with van der Waals surface area (Å²) in [6, 6.07) is 0.255. The Morgan fingerprint density at radius 1 is 1.41 bits per heavy atom. The van der Waals surface area contributed by atoms with Crippen LogP contribution in [0.3, 0.4) is 0 Å². The van der Waals surface area contributed by atoms with Gasteiger partial charge in [0.25, 0.3) is 0 Å². The number of nitrogens with one attached hydrogen (secondary N) is 1. The van der Waals surface area contributed by atoms with E-state index in [2.05, 4.69) is 34.6 Å². The van der Waals surface area contributed by atoms with E-state index in [4.69, 9.17) is 0 Å². The van der Waals surface area contributed by atoms with E-state index in [1.165, 1.54) is 11.3 Å². The van der Waals surface area contributed by atoms with Crippen LogP contribution < -0.4 is 5.32 Å². The van der Waals surface area contributed by atoms with E-state index in [-0.39, 0.29) is 6.04 Å². The predicted molar refractivity (Wildman–Crippen MR) is 64.2 cm³/mol. The van der Waals surface area contributed by atoms with Crippen molar-refractivity contribution in [2.75, 3.05) is 0 Å². The second kappa shape index (κ2) is 4.67. The van der Waals surface area contributed by atoms with Crippen molar-refractivity contribution in [1.29, 1.82) is 0 Å². The molecule has 92 valence electrons. The summed E-state index contributed by atoms with van der Waals surface area (Å²) >= 11 is 0. The molecule has 1 unspecified atom stereocenters. The lowest BCUT2D eigenvalue weighted by molar-refractivity contribution is 0.563. The minimum atomic E-state index is 0.255. The third-order valence-electron chi connectivity index (χ3n) is 2.98. The van der Waals surface area contributed by atoms with E-state index in [9.17, 15) is 0 Å². The van der Waals surface area contributed by atoms with Crippen LogP contribution >= 0.6 is 0 Å². The lowest BCUT2D eigenvalue weighted by Gasteiger charge is -2.12. The van der Waals surface area contributed by atoms with Gasteiger partial charge in [-0.1, -0.05) is 5.21 Å². The first kappa shape index (κ1) is 11.8. The molecular weight excluding hydrogens is 216 g/mol. The molecule has 0 fully saturated rings. The van der Waals surface area contributed by atoms with Gasteiger partial charge in [-0.25, -0.2) is 0 Å². The van der Waals surface area contributed by atoms with Crippen molar-refractivity contribution in [3.63, 3.8) is 0 Å². The summed E-state index contributed by atoms with van der Waals surface area (Å²) in [4.78, 5) is 0. The molecule has 0 radical (unpaired) electrons. The zero-order valence-electron chi connectivity index (χ0n) is 10.7. The van der Waals surface area contributed by atoms with E-state index in [1.54, 1.807) is 4.68 Å². The predicted octanol–water partition coefficient (Wildman–Crippen LogP) is 0.708. The van der Waals surface area contributed by atoms with Crippen LogP contribution in [0.2, 0.25) is 0 Å². The van der Waals surface area contributed by atoms with Gasteiger partial charge in [0.05, 0.1) is 11.9 Å². The zero-order chi connectivity index (χ0) is 12.4. The normalized spacial score (nSPS) is 12.9.